The molecule has 1 aliphatic carbocycles. The number of hydrogen-bond donors (Lipinski definition) is 4. The van der Waals surface area contributed by atoms with E-state index in [9.17, 15) is 39.6 Å². The lowest BCUT2D eigenvalue weighted by Gasteiger charge is -2.47. The van der Waals surface area contributed by atoms with Gasteiger partial charge in [0.25, 0.3) is 11.7 Å². The summed E-state index contributed by atoms with van der Waals surface area (Å²) in [7, 11) is 3.05. The number of ether oxygens (including phenoxy) is 4. The normalized spacial score (nSPS) is 42.1. The molecule has 0 aromatic rings. The molecule has 2 bridgehead atoms. The summed E-state index contributed by atoms with van der Waals surface area (Å²) in [6, 6.07) is -1.15. The second-order valence-electron chi connectivity index (χ2n) is 16.9. The summed E-state index contributed by atoms with van der Waals surface area (Å²) in [5.41, 5.74) is 1.59. The van der Waals surface area contributed by atoms with Crippen LogP contribution in [0.4, 0.5) is 0 Å². The fourth-order valence-electron chi connectivity index (χ4n) is 9.16. The molecule has 0 spiro atoms. The van der Waals surface area contributed by atoms with Crippen molar-refractivity contribution >= 4 is 23.4 Å². The quantitative estimate of drug-likeness (QED) is 0.180. The molecule has 0 aromatic heterocycles. The van der Waals surface area contributed by atoms with E-state index in [0.29, 0.717) is 56.9 Å². The fourth-order valence-corrected chi connectivity index (χ4v) is 9.16. The number of amides is 1. The lowest BCUT2D eigenvalue weighted by Crippen LogP contribution is -2.64. The molecule has 13 heteroatoms. The minimum Gasteiger partial charge on any atom is -0.456 e. The van der Waals surface area contributed by atoms with Gasteiger partial charge in [-0.05, 0) is 95.5 Å². The van der Waals surface area contributed by atoms with Crippen LogP contribution in [0.2, 0.25) is 0 Å². The fraction of sp³-hybridized carbons (Fsp3) is 0.810. The predicted molar refractivity (Wildman–Crippen MR) is 203 cm³/mol. The van der Waals surface area contributed by atoms with Crippen molar-refractivity contribution in [2.75, 3.05) is 20.8 Å². The molecule has 3 heterocycles. The van der Waals surface area contributed by atoms with E-state index in [4.69, 9.17) is 18.9 Å². The van der Waals surface area contributed by atoms with Crippen LogP contribution in [0.3, 0.4) is 0 Å². The Balaban J connectivity index is 1.76. The second kappa shape index (κ2) is 19.8. The van der Waals surface area contributed by atoms with Crippen molar-refractivity contribution in [3.63, 3.8) is 0 Å². The van der Waals surface area contributed by atoms with E-state index in [0.717, 1.165) is 10.5 Å². The van der Waals surface area contributed by atoms with Crippen molar-refractivity contribution in [1.82, 2.24) is 4.90 Å². The smallest absolute Gasteiger partial charge is 0.329 e. The molecule has 14 atom stereocenters. The predicted octanol–water partition coefficient (Wildman–Crippen LogP) is 3.82. The molecular weight excluding hydrogens is 710 g/mol. The molecule has 3 aliphatic heterocycles. The Morgan fingerprint density at radius 1 is 0.927 bits per heavy atom. The average molecular weight is 778 g/mol. The first-order chi connectivity index (χ1) is 25.9. The molecule has 0 aromatic carbocycles. The summed E-state index contributed by atoms with van der Waals surface area (Å²) < 4.78 is 24.1. The van der Waals surface area contributed by atoms with Crippen LogP contribution in [0.5, 0.6) is 0 Å². The molecule has 4 N–H and O–H groups in total. The maximum atomic E-state index is 14.2. The summed E-state index contributed by atoms with van der Waals surface area (Å²) in [4.78, 5) is 57.4. The highest BCUT2D eigenvalue weighted by Crippen LogP contribution is 2.39. The van der Waals surface area contributed by atoms with Crippen LogP contribution >= 0.6 is 0 Å². The highest BCUT2D eigenvalue weighted by atomic mass is 16.7. The van der Waals surface area contributed by atoms with Gasteiger partial charge in [-0.3, -0.25) is 14.4 Å². The van der Waals surface area contributed by atoms with Gasteiger partial charge in [0.2, 0.25) is 5.79 Å². The number of piperidine rings is 1. The minimum atomic E-state index is -2.51. The van der Waals surface area contributed by atoms with E-state index in [1.165, 1.54) is 14.2 Å². The van der Waals surface area contributed by atoms with Crippen molar-refractivity contribution < 1.29 is 58.6 Å². The van der Waals surface area contributed by atoms with Crippen molar-refractivity contribution in [2.24, 2.45) is 29.6 Å². The molecule has 2 saturated heterocycles. The SMILES string of the molecule is CC[C@@H]1/C=C(\C)C[C@H](C)C[C@H](OC)[C@H]2O[C@@](O)(C(=O)C(=O)N3CCCC[C@H]3C(=O)O[C@H](/C(C)=C/[C@@H]3CC[C@@H](O)[C@H](O)C3)[C@H](C)[C@@H](O)CC1=O)[C@H](C)C[C@@H]2OC. The van der Waals surface area contributed by atoms with E-state index in [1.807, 2.05) is 32.9 Å². The first kappa shape index (κ1) is 45.2. The molecule has 55 heavy (non-hydrogen) atoms. The first-order valence-electron chi connectivity index (χ1n) is 20.4. The summed E-state index contributed by atoms with van der Waals surface area (Å²) in [5.74, 6) is -7.77. The first-order valence-corrected chi connectivity index (χ1v) is 20.4. The Labute approximate surface area is 326 Å². The van der Waals surface area contributed by atoms with Crippen LogP contribution < -0.4 is 0 Å². The van der Waals surface area contributed by atoms with Crippen LogP contribution in [-0.2, 0) is 38.1 Å². The van der Waals surface area contributed by atoms with E-state index >= 15 is 0 Å². The number of carbonyl (C=O) groups excluding carboxylic acids is 4. The Hall–Kier alpha value is -2.52. The number of ketones is 2. The van der Waals surface area contributed by atoms with Gasteiger partial charge in [-0.1, -0.05) is 45.4 Å². The maximum Gasteiger partial charge on any atom is 0.329 e. The van der Waals surface area contributed by atoms with E-state index in [1.54, 1.807) is 20.8 Å². The number of hydrogen-bond acceptors (Lipinski definition) is 12. The molecule has 1 amide bonds. The number of fused-ring (bicyclic) bond motifs is 3. The van der Waals surface area contributed by atoms with Gasteiger partial charge in [-0.2, -0.15) is 0 Å². The second-order valence-corrected chi connectivity index (χ2v) is 16.9. The Morgan fingerprint density at radius 3 is 2.24 bits per heavy atom. The summed E-state index contributed by atoms with van der Waals surface area (Å²) in [6.45, 7) is 11.1. The van der Waals surface area contributed by atoms with Gasteiger partial charge in [0.05, 0.1) is 30.5 Å². The molecule has 4 aliphatic rings. The Bertz CT molecular complexity index is 1410. The number of rotatable bonds is 5. The molecule has 0 unspecified atom stereocenters. The molecule has 4 rings (SSSR count). The Kier molecular flexibility index (Phi) is 16.2. The zero-order valence-electron chi connectivity index (χ0n) is 34.1. The molecule has 13 nitrogen and oxygen atoms in total. The third-order valence-electron chi connectivity index (χ3n) is 12.6. The lowest BCUT2D eigenvalue weighted by molar-refractivity contribution is -0.302. The largest absolute Gasteiger partial charge is 0.456 e. The summed E-state index contributed by atoms with van der Waals surface area (Å²) in [6.07, 6.45) is 2.16. The van der Waals surface area contributed by atoms with Crippen molar-refractivity contribution in [3.8, 4) is 0 Å². The molecule has 0 radical (unpaired) electrons. The van der Waals surface area contributed by atoms with Gasteiger partial charge in [-0.15, -0.1) is 0 Å². The van der Waals surface area contributed by atoms with Crippen LogP contribution in [-0.4, -0.2) is 124 Å². The van der Waals surface area contributed by atoms with Gasteiger partial charge in [0.15, 0.2) is 0 Å². The monoisotopic (exact) mass is 777 g/mol. The maximum absolute atomic E-state index is 14.2. The zero-order chi connectivity index (χ0) is 40.8. The van der Waals surface area contributed by atoms with Crippen molar-refractivity contribution in [3.05, 3.63) is 23.3 Å². The van der Waals surface area contributed by atoms with E-state index in [-0.39, 0.29) is 43.4 Å². The molecular formula is C42H67NO12. The van der Waals surface area contributed by atoms with Crippen molar-refractivity contribution in [1.29, 1.82) is 0 Å². The van der Waals surface area contributed by atoms with Crippen LogP contribution in [0.15, 0.2) is 23.3 Å². The molecule has 1 saturated carbocycles. The number of methoxy groups -OCH3 is 2. The van der Waals surface area contributed by atoms with Crippen LogP contribution in [0, 0.1) is 29.6 Å². The zero-order valence-corrected chi connectivity index (χ0v) is 34.1. The van der Waals surface area contributed by atoms with Crippen LogP contribution in [0.1, 0.15) is 112 Å². The van der Waals surface area contributed by atoms with E-state index in [2.05, 4.69) is 0 Å². The number of esters is 1. The highest BCUT2D eigenvalue weighted by Gasteiger charge is 2.56. The number of carbonyl (C=O) groups is 4. The standard InChI is InChI=1S/C42H67NO12/c1-9-29-17-23(2)16-24(3)18-35(52-7)38-36(53-8)20-26(5)42(51,55-38)39(48)40(49)43-15-11-10-12-30(43)41(50)54-37(27(6)32(45)22-33(29)46)25(4)19-28-13-14-31(44)34(47)21-28/h17,19,24,26-32,34-38,44-45,47,51H,9-16,18,20-22H2,1-8H3/b23-17+,25-19+/t24-,26+,27+,28-,29+,30-,31+,32-,34+,35-,36-,37+,38+,42+/m0/s1. The van der Waals surface area contributed by atoms with Gasteiger partial charge in [0.1, 0.15) is 24.0 Å². The summed E-state index contributed by atoms with van der Waals surface area (Å²) in [5, 5.41) is 44.0. The van der Waals surface area contributed by atoms with Gasteiger partial charge >= 0.3 is 5.97 Å². The third-order valence-corrected chi connectivity index (χ3v) is 12.6. The number of allylic oxidation sites excluding steroid dienone is 3. The van der Waals surface area contributed by atoms with Crippen molar-refractivity contribution in [2.45, 2.75) is 167 Å². The topological polar surface area (TPSA) is 189 Å². The summed E-state index contributed by atoms with van der Waals surface area (Å²) >= 11 is 0. The number of aliphatic hydroxyl groups excluding tert-OH is 3. The average Bonchev–Trinajstić information content (AvgIpc) is 3.15. The number of Topliss-reactive ketones (excluding diaryl/α,β-unsaturated/α-hetero) is 2. The number of nitrogens with zero attached hydrogens (tertiary/aromatic N) is 1. The number of aliphatic hydroxyl groups is 4. The lowest BCUT2D eigenvalue weighted by atomic mass is 9.81. The van der Waals surface area contributed by atoms with Crippen LogP contribution in [0.25, 0.3) is 0 Å². The van der Waals surface area contributed by atoms with E-state index < -0.39 is 90.0 Å². The van der Waals surface area contributed by atoms with Gasteiger partial charge in [0, 0.05) is 44.9 Å². The number of cyclic esters (lactones) is 1. The van der Waals surface area contributed by atoms with Gasteiger partial charge in [-0.25, -0.2) is 4.79 Å². The molecule has 3 fully saturated rings. The Morgan fingerprint density at radius 2 is 1.60 bits per heavy atom. The third kappa shape index (κ3) is 10.7. The minimum absolute atomic E-state index is 0.0285. The highest BCUT2D eigenvalue weighted by molar-refractivity contribution is 6.39. The molecule has 312 valence electrons. The van der Waals surface area contributed by atoms with Gasteiger partial charge < -0.3 is 44.3 Å².